The quantitative estimate of drug-likeness (QED) is 0.732. The van der Waals surface area contributed by atoms with Gasteiger partial charge in [-0.1, -0.05) is 6.92 Å². The van der Waals surface area contributed by atoms with E-state index in [4.69, 9.17) is 4.74 Å². The zero-order chi connectivity index (χ0) is 14.6. The van der Waals surface area contributed by atoms with E-state index in [1.165, 1.54) is 38.6 Å². The third-order valence-electron chi connectivity index (χ3n) is 5.13. The van der Waals surface area contributed by atoms with E-state index >= 15 is 0 Å². The van der Waals surface area contributed by atoms with Gasteiger partial charge in [-0.25, -0.2) is 0 Å². The fraction of sp³-hybridized carbons (Fsp3) is 1.00. The molecule has 1 heterocycles. The molecule has 118 valence electrons. The number of rotatable bonds is 8. The highest BCUT2D eigenvalue weighted by atomic mass is 16.5. The van der Waals surface area contributed by atoms with Crippen molar-refractivity contribution in [3.8, 4) is 0 Å². The van der Waals surface area contributed by atoms with Crippen LogP contribution in [0.15, 0.2) is 0 Å². The first-order valence-electron chi connectivity index (χ1n) is 8.28. The van der Waals surface area contributed by atoms with Crippen LogP contribution in [0.4, 0.5) is 0 Å². The summed E-state index contributed by atoms with van der Waals surface area (Å²) in [6, 6.07) is 0. The van der Waals surface area contributed by atoms with Gasteiger partial charge in [-0.3, -0.25) is 0 Å². The summed E-state index contributed by atoms with van der Waals surface area (Å²) in [5.41, 5.74) is 0.427. The number of likely N-dealkylation sites (N-methyl/N-ethyl adjacent to an activating group) is 3. The van der Waals surface area contributed by atoms with Crippen LogP contribution in [-0.4, -0.2) is 74.9 Å². The summed E-state index contributed by atoms with van der Waals surface area (Å²) >= 11 is 0. The van der Waals surface area contributed by atoms with E-state index in [2.05, 4.69) is 43.2 Å². The first-order chi connectivity index (χ1) is 9.55. The van der Waals surface area contributed by atoms with Crippen molar-refractivity contribution in [2.24, 2.45) is 0 Å². The van der Waals surface area contributed by atoms with E-state index < -0.39 is 0 Å². The van der Waals surface area contributed by atoms with Gasteiger partial charge in [-0.05, 0) is 59.8 Å². The van der Waals surface area contributed by atoms with Crippen molar-refractivity contribution in [1.82, 2.24) is 15.1 Å². The van der Waals surface area contributed by atoms with Crippen LogP contribution < -0.4 is 5.32 Å². The van der Waals surface area contributed by atoms with E-state index in [9.17, 15) is 0 Å². The predicted molar refractivity (Wildman–Crippen MR) is 84.2 cm³/mol. The monoisotopic (exact) mass is 283 g/mol. The van der Waals surface area contributed by atoms with Crippen LogP contribution in [0.3, 0.4) is 0 Å². The molecule has 2 unspecified atom stereocenters. The summed E-state index contributed by atoms with van der Waals surface area (Å²) in [4.78, 5) is 4.91. The Morgan fingerprint density at radius 1 is 1.15 bits per heavy atom. The molecule has 1 N–H and O–H groups in total. The number of hydrogen-bond acceptors (Lipinski definition) is 4. The summed E-state index contributed by atoms with van der Waals surface area (Å²) in [6.45, 7) is 6.46. The van der Waals surface area contributed by atoms with Gasteiger partial charge in [0.2, 0.25) is 0 Å². The predicted octanol–water partition coefficient (Wildman–Crippen LogP) is 1.56. The molecule has 0 spiro atoms. The van der Waals surface area contributed by atoms with Crippen molar-refractivity contribution in [1.29, 1.82) is 0 Å². The Balaban J connectivity index is 1.71. The molecule has 0 aromatic heterocycles. The number of nitrogens with one attached hydrogen (secondary N) is 1. The molecule has 1 saturated carbocycles. The van der Waals surface area contributed by atoms with E-state index in [-0.39, 0.29) is 0 Å². The van der Waals surface area contributed by atoms with E-state index in [1.807, 2.05) is 0 Å². The zero-order valence-corrected chi connectivity index (χ0v) is 13.8. The van der Waals surface area contributed by atoms with Gasteiger partial charge in [0.25, 0.3) is 0 Å². The molecule has 1 saturated heterocycles. The maximum atomic E-state index is 6.14. The van der Waals surface area contributed by atoms with Crippen molar-refractivity contribution in [3.05, 3.63) is 0 Å². The van der Waals surface area contributed by atoms with Gasteiger partial charge in [-0.15, -0.1) is 0 Å². The third-order valence-corrected chi connectivity index (χ3v) is 5.13. The molecule has 0 amide bonds. The lowest BCUT2D eigenvalue weighted by molar-refractivity contribution is -0.00461. The average molecular weight is 283 g/mol. The molecular weight excluding hydrogens is 250 g/mol. The van der Waals surface area contributed by atoms with Crippen LogP contribution in [0.5, 0.6) is 0 Å². The van der Waals surface area contributed by atoms with Gasteiger partial charge in [0.05, 0.1) is 12.2 Å². The summed E-state index contributed by atoms with van der Waals surface area (Å²) in [7, 11) is 6.71. The minimum Gasteiger partial charge on any atom is -0.372 e. The first-order valence-corrected chi connectivity index (χ1v) is 8.28. The fourth-order valence-electron chi connectivity index (χ4n) is 3.62. The van der Waals surface area contributed by atoms with Crippen LogP contribution >= 0.6 is 0 Å². The average Bonchev–Trinajstić information content (AvgIpc) is 2.78. The molecule has 0 aromatic rings. The summed E-state index contributed by atoms with van der Waals surface area (Å²) in [6.07, 6.45) is 7.37. The molecule has 0 bridgehead atoms. The lowest BCUT2D eigenvalue weighted by atomic mass is 9.75. The Labute approximate surface area is 124 Å². The molecular formula is C16H33N3O. The van der Waals surface area contributed by atoms with E-state index in [0.29, 0.717) is 17.7 Å². The second kappa shape index (κ2) is 7.21. The second-order valence-electron chi connectivity index (χ2n) is 6.93. The van der Waals surface area contributed by atoms with Crippen molar-refractivity contribution in [2.45, 2.75) is 56.8 Å². The highest BCUT2D eigenvalue weighted by Crippen LogP contribution is 2.36. The minimum atomic E-state index is 0.427. The second-order valence-corrected chi connectivity index (χ2v) is 6.93. The maximum absolute atomic E-state index is 6.14. The van der Waals surface area contributed by atoms with Gasteiger partial charge in [0.15, 0.2) is 0 Å². The molecule has 4 nitrogen and oxygen atoms in total. The minimum absolute atomic E-state index is 0.427. The molecule has 20 heavy (non-hydrogen) atoms. The van der Waals surface area contributed by atoms with Crippen LogP contribution in [-0.2, 0) is 4.74 Å². The molecule has 2 aliphatic rings. The molecule has 2 atom stereocenters. The Morgan fingerprint density at radius 2 is 1.85 bits per heavy atom. The topological polar surface area (TPSA) is 27.7 Å². The Bertz CT molecular complexity index is 291. The smallest absolute Gasteiger partial charge is 0.0707 e. The van der Waals surface area contributed by atoms with Crippen LogP contribution in [0.1, 0.15) is 39.0 Å². The largest absolute Gasteiger partial charge is 0.372 e. The first kappa shape index (κ1) is 16.2. The highest BCUT2D eigenvalue weighted by molar-refractivity contribution is 4.98. The van der Waals surface area contributed by atoms with Gasteiger partial charge in [-0.2, -0.15) is 0 Å². The molecule has 2 rings (SSSR count). The van der Waals surface area contributed by atoms with E-state index in [0.717, 1.165) is 19.6 Å². The van der Waals surface area contributed by atoms with E-state index in [1.54, 1.807) is 0 Å². The summed E-state index contributed by atoms with van der Waals surface area (Å²) < 4.78 is 6.14. The maximum Gasteiger partial charge on any atom is 0.0707 e. The van der Waals surface area contributed by atoms with Gasteiger partial charge in [0, 0.05) is 25.2 Å². The van der Waals surface area contributed by atoms with Crippen LogP contribution in [0.2, 0.25) is 0 Å². The number of hydrogen-bond donors (Lipinski definition) is 1. The van der Waals surface area contributed by atoms with Gasteiger partial charge >= 0.3 is 0 Å². The standard InChI is InChI=1S/C16H33N3O/c1-5-17-11-14-7-8-15(20-14)12-19(4)13-16(18(2)3)9-6-10-16/h14-15,17H,5-13H2,1-4H3. The van der Waals surface area contributed by atoms with Crippen molar-refractivity contribution in [2.75, 3.05) is 47.3 Å². The lowest BCUT2D eigenvalue weighted by Crippen LogP contribution is -2.57. The van der Waals surface area contributed by atoms with Crippen LogP contribution in [0.25, 0.3) is 0 Å². The summed E-state index contributed by atoms with van der Waals surface area (Å²) in [5.74, 6) is 0. The van der Waals surface area contributed by atoms with Crippen molar-refractivity contribution in [3.63, 3.8) is 0 Å². The highest BCUT2D eigenvalue weighted by Gasteiger charge is 2.40. The summed E-state index contributed by atoms with van der Waals surface area (Å²) in [5, 5.41) is 3.39. The fourth-order valence-corrected chi connectivity index (χ4v) is 3.62. The molecule has 1 aliphatic heterocycles. The normalized spacial score (nSPS) is 29.1. The molecule has 2 fully saturated rings. The number of nitrogens with zero attached hydrogens (tertiary/aromatic N) is 2. The van der Waals surface area contributed by atoms with Gasteiger partial charge in [0.1, 0.15) is 0 Å². The zero-order valence-electron chi connectivity index (χ0n) is 13.8. The Hall–Kier alpha value is -0.160. The SMILES string of the molecule is CCNCC1CCC(CN(C)CC2(N(C)C)CCC2)O1. The van der Waals surface area contributed by atoms with Crippen molar-refractivity contribution < 1.29 is 4.74 Å². The lowest BCUT2D eigenvalue weighted by Gasteiger charge is -2.49. The van der Waals surface area contributed by atoms with Gasteiger partial charge < -0.3 is 19.9 Å². The molecule has 0 aromatic carbocycles. The number of ether oxygens (including phenoxy) is 1. The van der Waals surface area contributed by atoms with Crippen molar-refractivity contribution >= 4 is 0 Å². The third kappa shape index (κ3) is 3.94. The van der Waals surface area contributed by atoms with Crippen LogP contribution in [0, 0.1) is 0 Å². The molecule has 4 heteroatoms. The Morgan fingerprint density at radius 3 is 2.40 bits per heavy atom. The Kier molecular flexibility index (Phi) is 5.84. The molecule has 0 radical (unpaired) electrons. The molecule has 1 aliphatic carbocycles.